The quantitative estimate of drug-likeness (QED) is 0.879. The molecule has 2 heterocycles. The first-order valence-corrected chi connectivity index (χ1v) is 10.1. The summed E-state index contributed by atoms with van der Waals surface area (Å²) in [6.07, 6.45) is 3.46. The molecule has 1 aliphatic carbocycles. The topological polar surface area (TPSA) is 73.2 Å². The van der Waals surface area contributed by atoms with E-state index in [0.717, 1.165) is 12.8 Å². The Morgan fingerprint density at radius 3 is 2.76 bits per heavy atom. The smallest absolute Gasteiger partial charge is 0.258 e. The maximum Gasteiger partial charge on any atom is 0.258 e. The zero-order chi connectivity index (χ0) is 17.6. The highest BCUT2D eigenvalue weighted by atomic mass is 32.2. The van der Waals surface area contributed by atoms with Crippen molar-refractivity contribution in [2.24, 2.45) is 18.9 Å². The van der Waals surface area contributed by atoms with Crippen LogP contribution in [0.4, 0.5) is 0 Å². The van der Waals surface area contributed by atoms with Crippen molar-refractivity contribution in [3.63, 3.8) is 0 Å². The number of sulfonamides is 1. The van der Waals surface area contributed by atoms with E-state index in [2.05, 4.69) is 22.0 Å². The van der Waals surface area contributed by atoms with Crippen molar-refractivity contribution in [3.8, 4) is 0 Å². The van der Waals surface area contributed by atoms with Crippen LogP contribution in [0.2, 0.25) is 0 Å². The molecule has 6 nitrogen and oxygen atoms in total. The fraction of sp³-hybridized carbons (Fsp3) is 0.500. The van der Waals surface area contributed by atoms with E-state index in [1.54, 1.807) is 20.2 Å². The number of aryl methyl sites for hydroxylation is 2. The molecule has 1 aromatic carbocycles. The van der Waals surface area contributed by atoms with Crippen LogP contribution >= 0.6 is 0 Å². The summed E-state index contributed by atoms with van der Waals surface area (Å²) in [6.45, 7) is 2.48. The van der Waals surface area contributed by atoms with Gasteiger partial charge in [-0.25, -0.2) is 13.1 Å². The van der Waals surface area contributed by atoms with Crippen LogP contribution in [0.1, 0.15) is 17.5 Å². The average Bonchev–Trinajstić information content (AvgIpc) is 3.16. The fourth-order valence-corrected chi connectivity index (χ4v) is 5.98. The number of fused-ring (bicyclic) bond motifs is 1. The molecule has 25 heavy (non-hydrogen) atoms. The van der Waals surface area contributed by atoms with Crippen molar-refractivity contribution < 1.29 is 13.2 Å². The fourth-order valence-electron chi connectivity index (χ4n) is 4.29. The lowest BCUT2D eigenvalue weighted by Gasteiger charge is -2.47. The number of hydrogen-bond acceptors (Lipinski definition) is 4. The Hall–Kier alpha value is -1.70. The van der Waals surface area contributed by atoms with Gasteiger partial charge in [-0.05, 0) is 25.3 Å². The highest BCUT2D eigenvalue weighted by Crippen LogP contribution is 2.45. The van der Waals surface area contributed by atoms with Crippen LogP contribution in [0, 0.1) is 18.8 Å². The summed E-state index contributed by atoms with van der Waals surface area (Å²) in [5.74, 6) is 0.426. The second-order valence-corrected chi connectivity index (χ2v) is 8.67. The van der Waals surface area contributed by atoms with Gasteiger partial charge in [0.15, 0.2) is 5.03 Å². The molecule has 0 radical (unpaired) electrons. The highest BCUT2D eigenvalue weighted by molar-refractivity contribution is 7.89. The van der Waals surface area contributed by atoms with Gasteiger partial charge in [0, 0.05) is 37.1 Å². The van der Waals surface area contributed by atoms with Crippen molar-refractivity contribution >= 4 is 10.0 Å². The largest absolute Gasteiger partial charge is 0.377 e. The van der Waals surface area contributed by atoms with Gasteiger partial charge in [0.05, 0.1) is 12.3 Å². The van der Waals surface area contributed by atoms with E-state index in [-0.39, 0.29) is 29.0 Å². The summed E-state index contributed by atoms with van der Waals surface area (Å²) in [4.78, 5) is 0. The van der Waals surface area contributed by atoms with Crippen LogP contribution < -0.4 is 4.72 Å². The third-order valence-corrected chi connectivity index (χ3v) is 7.12. The van der Waals surface area contributed by atoms with Crippen LogP contribution in [0.5, 0.6) is 0 Å². The first-order chi connectivity index (χ1) is 12.0. The highest BCUT2D eigenvalue weighted by Gasteiger charge is 2.54. The van der Waals surface area contributed by atoms with E-state index in [1.165, 1.54) is 10.2 Å². The minimum Gasteiger partial charge on any atom is -0.377 e. The van der Waals surface area contributed by atoms with Crippen molar-refractivity contribution in [2.75, 3.05) is 6.61 Å². The lowest BCUT2D eigenvalue weighted by molar-refractivity contribution is -0.0484. The molecule has 0 amide bonds. The molecule has 1 N–H and O–H groups in total. The van der Waals surface area contributed by atoms with Crippen molar-refractivity contribution in [1.29, 1.82) is 0 Å². The molecule has 0 unspecified atom stereocenters. The third-order valence-electron chi connectivity index (χ3n) is 5.44. The Morgan fingerprint density at radius 1 is 1.32 bits per heavy atom. The summed E-state index contributed by atoms with van der Waals surface area (Å²) >= 11 is 0. The molecule has 1 aliphatic heterocycles. The molecule has 134 valence electrons. The Kier molecular flexibility index (Phi) is 4.17. The Morgan fingerprint density at radius 2 is 2.08 bits per heavy atom. The summed E-state index contributed by atoms with van der Waals surface area (Å²) in [5, 5.41) is 4.30. The normalized spacial score (nSPS) is 28.6. The minimum atomic E-state index is -3.61. The second kappa shape index (κ2) is 6.23. The van der Waals surface area contributed by atoms with E-state index in [0.29, 0.717) is 12.2 Å². The maximum absolute atomic E-state index is 12.9. The molecule has 0 spiro atoms. The van der Waals surface area contributed by atoms with E-state index < -0.39 is 10.0 Å². The van der Waals surface area contributed by atoms with Crippen LogP contribution in [0.3, 0.4) is 0 Å². The van der Waals surface area contributed by atoms with Crippen LogP contribution in [0.25, 0.3) is 0 Å². The van der Waals surface area contributed by atoms with Gasteiger partial charge in [0.1, 0.15) is 0 Å². The van der Waals surface area contributed by atoms with Gasteiger partial charge in [0.2, 0.25) is 0 Å². The van der Waals surface area contributed by atoms with Crippen LogP contribution in [0.15, 0.2) is 41.6 Å². The number of hydrogen-bond donors (Lipinski definition) is 1. The summed E-state index contributed by atoms with van der Waals surface area (Å²) in [5.41, 5.74) is 1.87. The van der Waals surface area contributed by atoms with Gasteiger partial charge in [-0.3, -0.25) is 4.68 Å². The molecule has 2 aromatic rings. The predicted octanol–water partition coefficient (Wildman–Crippen LogP) is 1.65. The zero-order valence-corrected chi connectivity index (χ0v) is 15.2. The molecule has 2 aliphatic rings. The number of benzene rings is 1. The lowest BCUT2D eigenvalue weighted by atomic mass is 9.65. The standard InChI is InChI=1S/C18H23N3O3S/c1-12-11-19-21(2)18(12)25(22,23)20-16-14-8-9-24-17(14)15(16)10-13-6-4-3-5-7-13/h3-7,11,14-17,20H,8-10H2,1-2H3/t14-,15+,16-,17-/m0/s1. The predicted molar refractivity (Wildman–Crippen MR) is 93.5 cm³/mol. The van der Waals surface area contributed by atoms with Crippen LogP contribution in [-0.4, -0.2) is 37.0 Å². The Balaban J connectivity index is 1.57. The minimum absolute atomic E-state index is 0.0907. The molecule has 1 saturated carbocycles. The average molecular weight is 361 g/mol. The molecular weight excluding hydrogens is 338 g/mol. The number of nitrogens with one attached hydrogen (secondary N) is 1. The molecule has 7 heteroatoms. The number of ether oxygens (including phenoxy) is 1. The summed E-state index contributed by atoms with van der Waals surface area (Å²) in [7, 11) is -1.95. The van der Waals surface area contributed by atoms with Crippen molar-refractivity contribution in [2.45, 2.75) is 36.9 Å². The summed E-state index contributed by atoms with van der Waals surface area (Å²) in [6, 6.07) is 10.1. The number of aromatic nitrogens is 2. The summed E-state index contributed by atoms with van der Waals surface area (Å²) < 4.78 is 36.1. The van der Waals surface area contributed by atoms with Gasteiger partial charge in [0.25, 0.3) is 10.0 Å². The van der Waals surface area contributed by atoms with Crippen molar-refractivity contribution in [3.05, 3.63) is 47.7 Å². The molecular formula is C18H23N3O3S. The van der Waals surface area contributed by atoms with Gasteiger partial charge in [-0.1, -0.05) is 30.3 Å². The molecule has 1 saturated heterocycles. The van der Waals surface area contributed by atoms with E-state index in [1.807, 2.05) is 18.2 Å². The first-order valence-electron chi connectivity index (χ1n) is 8.64. The SMILES string of the molecule is Cc1cnn(C)c1S(=O)(=O)N[C@@H]1[C@@H](Cc2ccccc2)[C@H]2OCC[C@@H]12. The van der Waals surface area contributed by atoms with Gasteiger partial charge < -0.3 is 4.74 Å². The number of rotatable bonds is 5. The molecule has 4 rings (SSSR count). The van der Waals surface area contributed by atoms with E-state index >= 15 is 0 Å². The molecule has 2 fully saturated rings. The van der Waals surface area contributed by atoms with Crippen LogP contribution in [-0.2, 0) is 28.2 Å². The first kappa shape index (κ1) is 16.8. The van der Waals surface area contributed by atoms with Gasteiger partial charge in [-0.2, -0.15) is 5.10 Å². The molecule has 1 aromatic heterocycles. The van der Waals surface area contributed by atoms with Gasteiger partial charge in [-0.15, -0.1) is 0 Å². The van der Waals surface area contributed by atoms with Crippen molar-refractivity contribution in [1.82, 2.24) is 14.5 Å². The Labute approximate surface area is 148 Å². The molecule has 0 bridgehead atoms. The van der Waals surface area contributed by atoms with E-state index in [4.69, 9.17) is 4.74 Å². The Bertz CT molecular complexity index is 843. The lowest BCUT2D eigenvalue weighted by Crippen LogP contribution is -2.62. The maximum atomic E-state index is 12.9. The molecule has 4 atom stereocenters. The monoisotopic (exact) mass is 361 g/mol. The second-order valence-electron chi connectivity index (χ2n) is 7.04. The number of nitrogens with zero attached hydrogens (tertiary/aromatic N) is 2. The van der Waals surface area contributed by atoms with Gasteiger partial charge >= 0.3 is 0 Å². The van der Waals surface area contributed by atoms with E-state index in [9.17, 15) is 8.42 Å². The zero-order valence-electron chi connectivity index (χ0n) is 14.4. The third kappa shape index (κ3) is 2.90.